The van der Waals surface area contributed by atoms with Crippen molar-refractivity contribution in [3.8, 4) is 0 Å². The second kappa shape index (κ2) is 7.63. The molecular weight excluding hydrogens is 276 g/mol. The van der Waals surface area contributed by atoms with Crippen molar-refractivity contribution in [2.45, 2.75) is 31.6 Å². The summed E-state index contributed by atoms with van der Waals surface area (Å²) in [7, 11) is 0. The molecule has 3 heterocycles. The molecule has 0 saturated carbocycles. The summed E-state index contributed by atoms with van der Waals surface area (Å²) in [6.07, 6.45) is 5.48. The molecule has 0 bridgehead atoms. The quantitative estimate of drug-likeness (QED) is 0.921. The fourth-order valence-electron chi connectivity index (χ4n) is 3.39. The first-order valence-electron chi connectivity index (χ1n) is 7.37. The van der Waals surface area contributed by atoms with E-state index in [1.807, 2.05) is 11.3 Å². The lowest BCUT2D eigenvalue weighted by Crippen LogP contribution is -2.39. The molecule has 0 amide bonds. The Morgan fingerprint density at radius 2 is 1.89 bits per heavy atom. The van der Waals surface area contributed by atoms with Crippen LogP contribution in [-0.4, -0.2) is 37.6 Å². The maximum Gasteiger partial charge on any atom is 0.00106 e. The van der Waals surface area contributed by atoms with Gasteiger partial charge in [-0.25, -0.2) is 0 Å². The molecule has 2 fully saturated rings. The van der Waals surface area contributed by atoms with E-state index in [-0.39, 0.29) is 12.4 Å². The second-order valence-corrected chi connectivity index (χ2v) is 6.60. The molecule has 0 atom stereocenters. The van der Waals surface area contributed by atoms with E-state index < -0.39 is 0 Å². The van der Waals surface area contributed by atoms with Crippen LogP contribution in [0.4, 0.5) is 0 Å². The van der Waals surface area contributed by atoms with Gasteiger partial charge in [0.25, 0.3) is 0 Å². The molecule has 0 spiro atoms. The molecule has 4 heteroatoms. The van der Waals surface area contributed by atoms with E-state index in [4.69, 9.17) is 0 Å². The molecule has 2 saturated heterocycles. The summed E-state index contributed by atoms with van der Waals surface area (Å²) >= 11 is 1.84. The molecule has 108 valence electrons. The average Bonchev–Trinajstić information content (AvgIpc) is 2.95. The Balaban J connectivity index is 0.00000133. The van der Waals surface area contributed by atoms with Gasteiger partial charge in [0.05, 0.1) is 0 Å². The molecule has 1 aromatic heterocycles. The van der Waals surface area contributed by atoms with E-state index in [2.05, 4.69) is 27.0 Å². The highest BCUT2D eigenvalue weighted by Crippen LogP contribution is 2.30. The van der Waals surface area contributed by atoms with Crippen LogP contribution < -0.4 is 5.32 Å². The topological polar surface area (TPSA) is 15.3 Å². The fourth-order valence-corrected chi connectivity index (χ4v) is 4.13. The van der Waals surface area contributed by atoms with Crippen molar-refractivity contribution in [2.24, 2.45) is 5.92 Å². The van der Waals surface area contributed by atoms with Crippen molar-refractivity contribution in [3.05, 3.63) is 22.4 Å². The van der Waals surface area contributed by atoms with Gasteiger partial charge in [0.1, 0.15) is 0 Å². The van der Waals surface area contributed by atoms with Crippen molar-refractivity contribution in [1.82, 2.24) is 10.2 Å². The van der Waals surface area contributed by atoms with Gasteiger partial charge in [-0.05, 0) is 86.1 Å². The first kappa shape index (κ1) is 15.3. The molecule has 1 N–H and O–H groups in total. The minimum atomic E-state index is 0. The number of halogens is 1. The number of nitrogens with zero attached hydrogens (tertiary/aromatic N) is 1. The molecule has 0 aliphatic carbocycles. The summed E-state index contributed by atoms with van der Waals surface area (Å²) in [4.78, 5) is 2.71. The molecule has 2 nitrogen and oxygen atoms in total. The van der Waals surface area contributed by atoms with Crippen LogP contribution in [0.3, 0.4) is 0 Å². The van der Waals surface area contributed by atoms with Crippen molar-refractivity contribution in [1.29, 1.82) is 0 Å². The largest absolute Gasteiger partial charge is 0.317 e. The number of hydrogen-bond acceptors (Lipinski definition) is 3. The van der Waals surface area contributed by atoms with Crippen LogP contribution in [0.2, 0.25) is 0 Å². The Morgan fingerprint density at radius 1 is 1.16 bits per heavy atom. The van der Waals surface area contributed by atoms with E-state index in [1.165, 1.54) is 58.4 Å². The van der Waals surface area contributed by atoms with Gasteiger partial charge in [0, 0.05) is 6.54 Å². The Hall–Kier alpha value is -0.0900. The van der Waals surface area contributed by atoms with Crippen LogP contribution in [-0.2, 0) is 0 Å². The summed E-state index contributed by atoms with van der Waals surface area (Å²) in [5, 5.41) is 8.02. The molecule has 0 aromatic carbocycles. The zero-order chi connectivity index (χ0) is 12.2. The third kappa shape index (κ3) is 4.19. The molecule has 2 aliphatic heterocycles. The SMILES string of the molecule is Cl.c1cc(C2CCN(CC3CCNCC3)CC2)cs1. The lowest BCUT2D eigenvalue weighted by Gasteiger charge is -2.35. The maximum atomic E-state index is 3.46. The number of hydrogen-bond donors (Lipinski definition) is 1. The molecule has 19 heavy (non-hydrogen) atoms. The first-order valence-corrected chi connectivity index (χ1v) is 8.31. The van der Waals surface area contributed by atoms with E-state index in [9.17, 15) is 0 Å². The molecule has 2 aliphatic rings. The van der Waals surface area contributed by atoms with Crippen LogP contribution in [0.1, 0.15) is 37.2 Å². The van der Waals surface area contributed by atoms with Crippen molar-refractivity contribution < 1.29 is 0 Å². The third-order valence-electron chi connectivity index (χ3n) is 4.58. The van der Waals surface area contributed by atoms with Crippen molar-refractivity contribution in [2.75, 3.05) is 32.7 Å². The van der Waals surface area contributed by atoms with Crippen molar-refractivity contribution >= 4 is 23.7 Å². The van der Waals surface area contributed by atoms with Gasteiger partial charge in [-0.1, -0.05) is 0 Å². The van der Waals surface area contributed by atoms with Gasteiger partial charge in [0.2, 0.25) is 0 Å². The van der Waals surface area contributed by atoms with Gasteiger partial charge < -0.3 is 10.2 Å². The Kier molecular flexibility index (Phi) is 6.14. The Morgan fingerprint density at radius 3 is 2.53 bits per heavy atom. The van der Waals surface area contributed by atoms with Gasteiger partial charge in [-0.15, -0.1) is 12.4 Å². The average molecular weight is 301 g/mol. The van der Waals surface area contributed by atoms with Crippen LogP contribution in [0.15, 0.2) is 16.8 Å². The molecule has 1 aromatic rings. The minimum Gasteiger partial charge on any atom is -0.317 e. The monoisotopic (exact) mass is 300 g/mol. The summed E-state index contributed by atoms with van der Waals surface area (Å²) in [6, 6.07) is 2.32. The zero-order valence-electron chi connectivity index (χ0n) is 11.5. The normalized spacial score (nSPS) is 23.2. The fraction of sp³-hybridized carbons (Fsp3) is 0.733. The maximum absolute atomic E-state index is 3.46. The summed E-state index contributed by atoms with van der Waals surface area (Å²) in [5.41, 5.74) is 1.58. The highest BCUT2D eigenvalue weighted by Gasteiger charge is 2.23. The van der Waals surface area contributed by atoms with E-state index >= 15 is 0 Å². The standard InChI is InChI=1S/C15H24N2S.ClH/c1-6-16-7-2-13(1)11-17-8-3-14(4-9-17)15-5-10-18-12-15;/h5,10,12-14,16H,1-4,6-9,11H2;1H. The van der Waals surface area contributed by atoms with E-state index in [1.54, 1.807) is 5.56 Å². The summed E-state index contributed by atoms with van der Waals surface area (Å²) in [5.74, 6) is 1.78. The number of nitrogens with one attached hydrogen (secondary N) is 1. The van der Waals surface area contributed by atoms with Crippen LogP contribution in [0, 0.1) is 5.92 Å². The smallest absolute Gasteiger partial charge is 0.00106 e. The first-order chi connectivity index (χ1) is 8.92. The number of thiophene rings is 1. The second-order valence-electron chi connectivity index (χ2n) is 5.82. The van der Waals surface area contributed by atoms with Crippen molar-refractivity contribution in [3.63, 3.8) is 0 Å². The number of likely N-dealkylation sites (tertiary alicyclic amines) is 1. The van der Waals surface area contributed by atoms with Crippen LogP contribution >= 0.6 is 23.7 Å². The number of rotatable bonds is 3. The van der Waals surface area contributed by atoms with Gasteiger partial charge >= 0.3 is 0 Å². The van der Waals surface area contributed by atoms with Crippen LogP contribution in [0.25, 0.3) is 0 Å². The lowest BCUT2D eigenvalue weighted by molar-refractivity contribution is 0.167. The van der Waals surface area contributed by atoms with Crippen LogP contribution in [0.5, 0.6) is 0 Å². The summed E-state index contributed by atoms with van der Waals surface area (Å²) in [6.45, 7) is 6.43. The summed E-state index contributed by atoms with van der Waals surface area (Å²) < 4.78 is 0. The minimum absolute atomic E-state index is 0. The van der Waals surface area contributed by atoms with E-state index in [0.717, 1.165) is 11.8 Å². The Labute approximate surface area is 127 Å². The Bertz CT molecular complexity index is 341. The van der Waals surface area contributed by atoms with Gasteiger partial charge in [-0.2, -0.15) is 11.3 Å². The third-order valence-corrected chi connectivity index (χ3v) is 5.28. The van der Waals surface area contributed by atoms with Gasteiger partial charge in [0.15, 0.2) is 0 Å². The molecule has 0 unspecified atom stereocenters. The predicted octanol–water partition coefficient (Wildman–Crippen LogP) is 3.35. The number of piperidine rings is 2. The molecule has 3 rings (SSSR count). The van der Waals surface area contributed by atoms with Gasteiger partial charge in [-0.3, -0.25) is 0 Å². The van der Waals surface area contributed by atoms with E-state index in [0.29, 0.717) is 0 Å². The lowest BCUT2D eigenvalue weighted by atomic mass is 9.90. The molecular formula is C15H25ClN2S. The molecule has 0 radical (unpaired) electrons. The highest BCUT2D eigenvalue weighted by atomic mass is 35.5. The predicted molar refractivity (Wildman–Crippen MR) is 85.6 cm³/mol. The highest BCUT2D eigenvalue weighted by molar-refractivity contribution is 7.07. The zero-order valence-corrected chi connectivity index (χ0v) is 13.1.